The van der Waals surface area contributed by atoms with Crippen LogP contribution >= 0.6 is 0 Å². The van der Waals surface area contributed by atoms with Crippen LogP contribution in [0.15, 0.2) is 28.7 Å². The number of benzene rings is 1. The normalized spacial score (nSPS) is 11.9. The molecule has 0 fully saturated rings. The summed E-state index contributed by atoms with van der Waals surface area (Å²) in [4.78, 5) is 11.1. The van der Waals surface area contributed by atoms with E-state index < -0.39 is 11.4 Å². The first-order valence-corrected chi connectivity index (χ1v) is 4.88. The highest BCUT2D eigenvalue weighted by Crippen LogP contribution is 2.33. The van der Waals surface area contributed by atoms with E-state index in [0.717, 1.165) is 0 Å². The zero-order valence-electron chi connectivity index (χ0n) is 9.02. The van der Waals surface area contributed by atoms with Gasteiger partial charge in [-0.05, 0) is 26.0 Å². The molecule has 0 saturated carbocycles. The predicted octanol–water partition coefficient (Wildman–Crippen LogP) is 2.50. The molecular weight excluding hydrogens is 208 g/mol. The molecule has 0 aliphatic carbocycles. The van der Waals surface area contributed by atoms with E-state index in [1.165, 1.54) is 6.07 Å². The van der Waals surface area contributed by atoms with Crippen LogP contribution in [0.25, 0.3) is 11.0 Å². The van der Waals surface area contributed by atoms with Crippen LogP contribution in [0.5, 0.6) is 5.75 Å². The fourth-order valence-corrected chi connectivity index (χ4v) is 1.46. The van der Waals surface area contributed by atoms with Gasteiger partial charge in [-0.25, -0.2) is 0 Å². The fraction of sp³-hybridized carbons (Fsp3) is 0.250. The van der Waals surface area contributed by atoms with Gasteiger partial charge < -0.3 is 14.6 Å². The number of carboxylic acid groups (broad SMARTS) is 1. The summed E-state index contributed by atoms with van der Waals surface area (Å²) < 4.78 is 5.39. The second-order valence-electron chi connectivity index (χ2n) is 4.24. The quantitative estimate of drug-likeness (QED) is 0.815. The molecule has 0 unspecified atom stereocenters. The van der Waals surface area contributed by atoms with Crippen LogP contribution in [0, 0.1) is 0 Å². The van der Waals surface area contributed by atoms with Crippen molar-refractivity contribution in [2.45, 2.75) is 19.3 Å². The lowest BCUT2D eigenvalue weighted by Gasteiger charge is -2.15. The van der Waals surface area contributed by atoms with Gasteiger partial charge in [0.15, 0.2) is 11.3 Å². The van der Waals surface area contributed by atoms with Gasteiger partial charge in [-0.15, -0.1) is 0 Å². The molecule has 4 nitrogen and oxygen atoms in total. The standard InChI is InChI=1S/C12H12O4/c1-12(2,11(14)15)9-6-7-4-3-5-8(13)10(7)16-9/h3-6,13H,1-2H3,(H,14,15). The summed E-state index contributed by atoms with van der Waals surface area (Å²) in [7, 11) is 0. The van der Waals surface area contributed by atoms with Crippen molar-refractivity contribution in [1.29, 1.82) is 0 Å². The first-order valence-electron chi connectivity index (χ1n) is 4.88. The van der Waals surface area contributed by atoms with Gasteiger partial charge in [0, 0.05) is 5.39 Å². The number of furan rings is 1. The van der Waals surface area contributed by atoms with E-state index in [0.29, 0.717) is 16.7 Å². The Hall–Kier alpha value is -1.97. The summed E-state index contributed by atoms with van der Waals surface area (Å²) in [6.45, 7) is 3.12. The van der Waals surface area contributed by atoms with Crippen LogP contribution in [0.4, 0.5) is 0 Å². The fourth-order valence-electron chi connectivity index (χ4n) is 1.46. The molecule has 0 saturated heterocycles. The van der Waals surface area contributed by atoms with Gasteiger partial charge in [0.05, 0.1) is 0 Å². The van der Waals surface area contributed by atoms with Crippen molar-refractivity contribution >= 4 is 16.9 Å². The molecule has 0 amide bonds. The summed E-state index contributed by atoms with van der Waals surface area (Å²) in [5, 5.41) is 19.3. The molecule has 2 aromatic rings. The summed E-state index contributed by atoms with van der Waals surface area (Å²) in [6, 6.07) is 6.59. The highest BCUT2D eigenvalue weighted by atomic mass is 16.4. The van der Waals surface area contributed by atoms with E-state index in [1.807, 2.05) is 0 Å². The van der Waals surface area contributed by atoms with Crippen LogP contribution in [-0.4, -0.2) is 16.2 Å². The van der Waals surface area contributed by atoms with Crippen LogP contribution in [-0.2, 0) is 10.2 Å². The van der Waals surface area contributed by atoms with Crippen molar-refractivity contribution in [3.63, 3.8) is 0 Å². The Bertz CT molecular complexity index is 551. The Morgan fingerprint density at radius 1 is 1.38 bits per heavy atom. The van der Waals surface area contributed by atoms with Gasteiger partial charge in [-0.1, -0.05) is 12.1 Å². The lowest BCUT2D eigenvalue weighted by Crippen LogP contribution is -2.27. The predicted molar refractivity (Wildman–Crippen MR) is 58.5 cm³/mol. The van der Waals surface area contributed by atoms with Gasteiger partial charge in [-0.2, -0.15) is 0 Å². The number of phenols is 1. The number of aromatic hydroxyl groups is 1. The van der Waals surface area contributed by atoms with Crippen molar-refractivity contribution in [1.82, 2.24) is 0 Å². The molecule has 16 heavy (non-hydrogen) atoms. The molecule has 2 rings (SSSR count). The van der Waals surface area contributed by atoms with E-state index in [9.17, 15) is 9.90 Å². The average molecular weight is 220 g/mol. The minimum atomic E-state index is -1.11. The maximum atomic E-state index is 11.1. The molecule has 1 aromatic carbocycles. The minimum Gasteiger partial charge on any atom is -0.504 e. The van der Waals surface area contributed by atoms with Gasteiger partial charge in [0.1, 0.15) is 11.2 Å². The number of phenolic OH excluding ortho intramolecular Hbond substituents is 1. The maximum absolute atomic E-state index is 11.1. The van der Waals surface area contributed by atoms with Crippen LogP contribution in [0.1, 0.15) is 19.6 Å². The SMILES string of the molecule is CC(C)(C(=O)O)c1cc2cccc(O)c2o1. The van der Waals surface area contributed by atoms with Gasteiger partial charge >= 0.3 is 5.97 Å². The molecule has 84 valence electrons. The van der Waals surface area contributed by atoms with Crippen molar-refractivity contribution in [2.24, 2.45) is 0 Å². The second kappa shape index (κ2) is 3.27. The van der Waals surface area contributed by atoms with Crippen LogP contribution < -0.4 is 0 Å². The lowest BCUT2D eigenvalue weighted by molar-refractivity contribution is -0.143. The first kappa shape index (κ1) is 10.5. The van der Waals surface area contributed by atoms with Crippen LogP contribution in [0.2, 0.25) is 0 Å². The van der Waals surface area contributed by atoms with Crippen molar-refractivity contribution in [3.05, 3.63) is 30.0 Å². The van der Waals surface area contributed by atoms with E-state index in [-0.39, 0.29) is 5.75 Å². The number of rotatable bonds is 2. The highest BCUT2D eigenvalue weighted by molar-refractivity contribution is 5.86. The van der Waals surface area contributed by atoms with Gasteiger partial charge in [-0.3, -0.25) is 4.79 Å². The topological polar surface area (TPSA) is 70.7 Å². The smallest absolute Gasteiger partial charge is 0.316 e. The first-order chi connectivity index (χ1) is 7.43. The molecule has 0 aliphatic rings. The summed E-state index contributed by atoms with van der Waals surface area (Å²) in [5.41, 5.74) is -0.780. The number of carbonyl (C=O) groups is 1. The molecule has 2 N–H and O–H groups in total. The monoisotopic (exact) mass is 220 g/mol. The third-order valence-corrected chi connectivity index (χ3v) is 2.67. The molecule has 0 bridgehead atoms. The number of aliphatic carboxylic acids is 1. The third kappa shape index (κ3) is 1.43. The largest absolute Gasteiger partial charge is 0.504 e. The zero-order valence-corrected chi connectivity index (χ0v) is 9.02. The molecular formula is C12H12O4. The molecule has 1 heterocycles. The average Bonchev–Trinajstić information content (AvgIpc) is 2.63. The number of carboxylic acids is 1. The summed E-state index contributed by atoms with van der Waals surface area (Å²) in [5.74, 6) is -0.618. The molecule has 4 heteroatoms. The molecule has 1 aromatic heterocycles. The zero-order chi connectivity index (χ0) is 11.9. The Balaban J connectivity index is 2.64. The van der Waals surface area contributed by atoms with E-state index in [1.54, 1.807) is 32.0 Å². The Morgan fingerprint density at radius 3 is 2.62 bits per heavy atom. The number of fused-ring (bicyclic) bond motifs is 1. The Kier molecular flexibility index (Phi) is 2.15. The number of hydrogen-bond acceptors (Lipinski definition) is 3. The Labute approximate surface area is 92.1 Å². The van der Waals surface area contributed by atoms with E-state index in [2.05, 4.69) is 0 Å². The molecule has 0 atom stereocenters. The van der Waals surface area contributed by atoms with Gasteiger partial charge in [0.2, 0.25) is 0 Å². The van der Waals surface area contributed by atoms with Crippen molar-refractivity contribution < 1.29 is 19.4 Å². The molecule has 0 radical (unpaired) electrons. The minimum absolute atomic E-state index is 0.0185. The second-order valence-corrected chi connectivity index (χ2v) is 4.24. The van der Waals surface area contributed by atoms with Gasteiger partial charge in [0.25, 0.3) is 0 Å². The Morgan fingerprint density at radius 2 is 2.06 bits per heavy atom. The van der Waals surface area contributed by atoms with E-state index in [4.69, 9.17) is 9.52 Å². The lowest BCUT2D eigenvalue weighted by atomic mass is 9.90. The number of hydrogen-bond donors (Lipinski definition) is 2. The third-order valence-electron chi connectivity index (χ3n) is 2.67. The molecule has 0 aliphatic heterocycles. The summed E-state index contributed by atoms with van der Waals surface area (Å²) in [6.07, 6.45) is 0. The number of para-hydroxylation sites is 1. The summed E-state index contributed by atoms with van der Waals surface area (Å²) >= 11 is 0. The molecule has 0 spiro atoms. The maximum Gasteiger partial charge on any atom is 0.316 e. The van der Waals surface area contributed by atoms with Crippen molar-refractivity contribution in [3.8, 4) is 5.75 Å². The highest BCUT2D eigenvalue weighted by Gasteiger charge is 2.33. The van der Waals surface area contributed by atoms with E-state index >= 15 is 0 Å². The van der Waals surface area contributed by atoms with Crippen LogP contribution in [0.3, 0.4) is 0 Å². The van der Waals surface area contributed by atoms with Crippen molar-refractivity contribution in [2.75, 3.05) is 0 Å².